The van der Waals surface area contributed by atoms with Crippen molar-refractivity contribution in [3.63, 3.8) is 0 Å². The summed E-state index contributed by atoms with van der Waals surface area (Å²) >= 11 is 1.42. The molecule has 3 aromatic rings. The first kappa shape index (κ1) is 10.8. The van der Waals surface area contributed by atoms with Crippen molar-refractivity contribution in [3.05, 3.63) is 29.4 Å². The van der Waals surface area contributed by atoms with Gasteiger partial charge in [0.15, 0.2) is 16.3 Å². The van der Waals surface area contributed by atoms with Crippen molar-refractivity contribution >= 4 is 23.0 Å². The van der Waals surface area contributed by atoms with Gasteiger partial charge in [-0.05, 0) is 12.1 Å². The summed E-state index contributed by atoms with van der Waals surface area (Å²) in [4.78, 5) is 15.6. The van der Waals surface area contributed by atoms with Crippen molar-refractivity contribution < 1.29 is 9.53 Å². The van der Waals surface area contributed by atoms with E-state index < -0.39 is 5.97 Å². The van der Waals surface area contributed by atoms with Gasteiger partial charge in [0.2, 0.25) is 5.82 Å². The van der Waals surface area contributed by atoms with Crippen LogP contribution in [0.4, 0.5) is 0 Å². The highest BCUT2D eigenvalue weighted by atomic mass is 32.1. The fraction of sp³-hybridized carbons (Fsp3) is 0.100. The highest BCUT2D eigenvalue weighted by Gasteiger charge is 2.14. The fourth-order valence-electron chi connectivity index (χ4n) is 1.47. The van der Waals surface area contributed by atoms with Crippen LogP contribution in [0, 0.1) is 0 Å². The summed E-state index contributed by atoms with van der Waals surface area (Å²) < 4.78 is 6.10. The normalized spacial score (nSPS) is 10.7. The van der Waals surface area contributed by atoms with Crippen LogP contribution in [0.3, 0.4) is 0 Å². The number of carbonyl (C=O) groups excluding carboxylic acids is 1. The lowest BCUT2D eigenvalue weighted by atomic mass is 10.4. The van der Waals surface area contributed by atoms with E-state index in [1.165, 1.54) is 23.0 Å². The molecule has 0 radical (unpaired) electrons. The molecular formula is C10H7N5O2S. The molecule has 0 bridgehead atoms. The average Bonchev–Trinajstić information content (AvgIpc) is 3.05. The van der Waals surface area contributed by atoms with Gasteiger partial charge in [0, 0.05) is 11.6 Å². The molecule has 0 amide bonds. The number of rotatable bonds is 2. The zero-order chi connectivity index (χ0) is 12.5. The Morgan fingerprint density at radius 1 is 1.39 bits per heavy atom. The van der Waals surface area contributed by atoms with Crippen molar-refractivity contribution in [2.75, 3.05) is 7.11 Å². The summed E-state index contributed by atoms with van der Waals surface area (Å²) in [5, 5.41) is 14.6. The number of hydrogen-bond donors (Lipinski definition) is 0. The van der Waals surface area contributed by atoms with Crippen molar-refractivity contribution in [1.29, 1.82) is 0 Å². The largest absolute Gasteiger partial charge is 0.464 e. The quantitative estimate of drug-likeness (QED) is 0.641. The first-order valence-corrected chi connectivity index (χ1v) is 5.88. The van der Waals surface area contributed by atoms with E-state index in [9.17, 15) is 4.79 Å². The summed E-state index contributed by atoms with van der Waals surface area (Å²) in [6.07, 6.45) is 1.67. The number of thiazole rings is 1. The minimum Gasteiger partial charge on any atom is -0.464 e. The third-order valence-corrected chi connectivity index (χ3v) is 3.05. The van der Waals surface area contributed by atoms with Crippen LogP contribution in [0.5, 0.6) is 0 Å². The van der Waals surface area contributed by atoms with Gasteiger partial charge in [0.25, 0.3) is 0 Å². The van der Waals surface area contributed by atoms with Gasteiger partial charge in [-0.3, -0.25) is 0 Å². The number of esters is 1. The summed E-state index contributed by atoms with van der Waals surface area (Å²) in [6, 6.07) is 3.20. The molecule has 7 nitrogen and oxygen atoms in total. The maximum Gasteiger partial charge on any atom is 0.358 e. The average molecular weight is 261 g/mol. The second kappa shape index (κ2) is 4.15. The monoisotopic (exact) mass is 261 g/mol. The molecule has 0 atom stereocenters. The van der Waals surface area contributed by atoms with E-state index in [-0.39, 0.29) is 5.69 Å². The molecular weight excluding hydrogens is 254 g/mol. The maximum atomic E-state index is 11.4. The van der Waals surface area contributed by atoms with Crippen LogP contribution in [0.2, 0.25) is 0 Å². The van der Waals surface area contributed by atoms with Crippen molar-refractivity contribution in [3.8, 4) is 10.8 Å². The molecule has 0 saturated heterocycles. The SMILES string of the molecule is COC(=O)c1ccc2nnc(-c3nccs3)n2n1. The summed E-state index contributed by atoms with van der Waals surface area (Å²) in [5.74, 6) is 0.00134. The van der Waals surface area contributed by atoms with Gasteiger partial charge in [0.1, 0.15) is 0 Å². The minimum atomic E-state index is -0.504. The molecule has 0 fully saturated rings. The number of carbonyl (C=O) groups is 1. The van der Waals surface area contributed by atoms with Gasteiger partial charge in [-0.1, -0.05) is 0 Å². The molecule has 0 aliphatic rings. The molecule has 8 heteroatoms. The summed E-state index contributed by atoms with van der Waals surface area (Å²) in [6.45, 7) is 0. The predicted molar refractivity (Wildman–Crippen MR) is 63.2 cm³/mol. The molecule has 3 rings (SSSR count). The van der Waals surface area contributed by atoms with Crippen LogP contribution in [0.25, 0.3) is 16.5 Å². The Morgan fingerprint density at radius 2 is 2.28 bits per heavy atom. The zero-order valence-electron chi connectivity index (χ0n) is 9.27. The van der Waals surface area contributed by atoms with Gasteiger partial charge < -0.3 is 4.74 Å². The molecule has 0 unspecified atom stereocenters. The third-order valence-electron chi connectivity index (χ3n) is 2.28. The van der Waals surface area contributed by atoms with E-state index in [0.717, 1.165) is 0 Å². The fourth-order valence-corrected chi connectivity index (χ4v) is 2.07. The van der Waals surface area contributed by atoms with Gasteiger partial charge in [-0.15, -0.1) is 21.5 Å². The second-order valence-corrected chi connectivity index (χ2v) is 4.24. The first-order chi connectivity index (χ1) is 8.79. The molecule has 0 aliphatic carbocycles. The Balaban J connectivity index is 2.19. The van der Waals surface area contributed by atoms with Crippen molar-refractivity contribution in [2.45, 2.75) is 0 Å². The van der Waals surface area contributed by atoms with Crippen molar-refractivity contribution in [2.24, 2.45) is 0 Å². The molecule has 0 spiro atoms. The van der Waals surface area contributed by atoms with Crippen LogP contribution >= 0.6 is 11.3 Å². The Bertz CT molecular complexity index is 706. The number of ether oxygens (including phenoxy) is 1. The Hall–Kier alpha value is -2.35. The lowest BCUT2D eigenvalue weighted by Gasteiger charge is -1.99. The number of aromatic nitrogens is 5. The molecule has 90 valence electrons. The molecule has 0 aliphatic heterocycles. The van der Waals surface area contributed by atoms with E-state index >= 15 is 0 Å². The van der Waals surface area contributed by atoms with Gasteiger partial charge in [-0.25, -0.2) is 9.78 Å². The number of methoxy groups -OCH3 is 1. The van der Waals surface area contributed by atoms with Crippen LogP contribution in [-0.2, 0) is 4.74 Å². The van der Waals surface area contributed by atoms with Crippen LogP contribution in [0.1, 0.15) is 10.5 Å². The second-order valence-electron chi connectivity index (χ2n) is 3.34. The number of fused-ring (bicyclic) bond motifs is 1. The van der Waals surface area contributed by atoms with E-state index in [1.807, 2.05) is 5.38 Å². The van der Waals surface area contributed by atoms with Crippen LogP contribution < -0.4 is 0 Å². The van der Waals surface area contributed by atoms with Gasteiger partial charge in [-0.2, -0.15) is 9.61 Å². The van der Waals surface area contributed by atoms with Gasteiger partial charge >= 0.3 is 5.97 Å². The van der Waals surface area contributed by atoms with Gasteiger partial charge in [0.05, 0.1) is 7.11 Å². The van der Waals surface area contributed by atoms with E-state index in [2.05, 4.69) is 25.0 Å². The third kappa shape index (κ3) is 1.63. The van der Waals surface area contributed by atoms with E-state index in [1.54, 1.807) is 18.3 Å². The van der Waals surface area contributed by atoms with E-state index in [4.69, 9.17) is 0 Å². The Morgan fingerprint density at radius 3 is 3.00 bits per heavy atom. The van der Waals surface area contributed by atoms with E-state index in [0.29, 0.717) is 16.5 Å². The standard InChI is InChI=1S/C10H7N5O2S/c1-17-10(16)6-2-3-7-12-13-8(15(7)14-6)9-11-4-5-18-9/h2-5H,1H3. The topological polar surface area (TPSA) is 82.3 Å². The highest BCUT2D eigenvalue weighted by Crippen LogP contribution is 2.19. The summed E-state index contributed by atoms with van der Waals surface area (Å²) in [7, 11) is 1.31. The molecule has 0 aromatic carbocycles. The maximum absolute atomic E-state index is 11.4. The molecule has 3 aromatic heterocycles. The van der Waals surface area contributed by atoms with Crippen molar-refractivity contribution in [1.82, 2.24) is 24.8 Å². The lowest BCUT2D eigenvalue weighted by molar-refractivity contribution is 0.0592. The number of nitrogens with zero attached hydrogens (tertiary/aromatic N) is 5. The molecule has 0 N–H and O–H groups in total. The zero-order valence-corrected chi connectivity index (χ0v) is 10.1. The smallest absolute Gasteiger partial charge is 0.358 e. The minimum absolute atomic E-state index is 0.197. The highest BCUT2D eigenvalue weighted by molar-refractivity contribution is 7.13. The molecule has 18 heavy (non-hydrogen) atoms. The summed E-state index contributed by atoms with van der Waals surface area (Å²) in [5.41, 5.74) is 0.746. The van der Waals surface area contributed by atoms with Crippen LogP contribution in [-0.4, -0.2) is 37.9 Å². The molecule has 3 heterocycles. The first-order valence-electron chi connectivity index (χ1n) is 5.00. The lowest BCUT2D eigenvalue weighted by Crippen LogP contribution is -2.07. The predicted octanol–water partition coefficient (Wildman–Crippen LogP) is 1.03. The molecule has 0 saturated carbocycles. The van der Waals surface area contributed by atoms with Crippen LogP contribution in [0.15, 0.2) is 23.7 Å². The number of hydrogen-bond acceptors (Lipinski definition) is 7. The Kier molecular flexibility index (Phi) is 2.49. The Labute approximate surface area is 105 Å².